The molecular formula is C11H11Br2NO. The van der Waals surface area contributed by atoms with E-state index in [0.29, 0.717) is 6.42 Å². The maximum Gasteiger partial charge on any atom is 0.0602 e. The van der Waals surface area contributed by atoms with Crippen LogP contribution in [0.3, 0.4) is 0 Å². The molecule has 2 N–H and O–H groups in total. The smallest absolute Gasteiger partial charge is 0.0602 e. The van der Waals surface area contributed by atoms with Crippen molar-refractivity contribution in [3.8, 4) is 0 Å². The molecule has 1 aromatic carbocycles. The molecule has 15 heavy (non-hydrogen) atoms. The van der Waals surface area contributed by atoms with E-state index < -0.39 is 0 Å². The van der Waals surface area contributed by atoms with Crippen LogP contribution in [0, 0.1) is 0 Å². The molecule has 0 aliphatic carbocycles. The molecule has 0 amide bonds. The summed E-state index contributed by atoms with van der Waals surface area (Å²) >= 11 is 6.97. The van der Waals surface area contributed by atoms with Gasteiger partial charge in [-0.2, -0.15) is 0 Å². The fourth-order valence-electron chi connectivity index (χ4n) is 1.70. The fourth-order valence-corrected chi connectivity index (χ4v) is 3.04. The third kappa shape index (κ3) is 2.27. The first-order chi connectivity index (χ1) is 7.08. The van der Waals surface area contributed by atoms with Crippen molar-refractivity contribution >= 4 is 42.8 Å². The van der Waals surface area contributed by atoms with Gasteiger partial charge in [0.25, 0.3) is 0 Å². The lowest BCUT2D eigenvalue weighted by atomic mass is 10.1. The molecule has 0 fully saturated rings. The van der Waals surface area contributed by atoms with E-state index in [9.17, 15) is 5.11 Å². The molecule has 0 radical (unpaired) electrons. The summed E-state index contributed by atoms with van der Waals surface area (Å²) in [7, 11) is 0. The van der Waals surface area contributed by atoms with E-state index in [0.717, 1.165) is 25.4 Å². The summed E-state index contributed by atoms with van der Waals surface area (Å²) in [5, 5.41) is 10.5. The topological polar surface area (TPSA) is 36.0 Å². The van der Waals surface area contributed by atoms with Crippen LogP contribution in [0.5, 0.6) is 0 Å². The third-order valence-electron chi connectivity index (χ3n) is 2.31. The van der Waals surface area contributed by atoms with Crippen LogP contribution in [-0.2, 0) is 6.42 Å². The minimum atomic E-state index is -0.318. The van der Waals surface area contributed by atoms with Crippen LogP contribution >= 0.6 is 31.9 Å². The van der Waals surface area contributed by atoms with E-state index in [1.165, 1.54) is 0 Å². The second-order valence-corrected chi connectivity index (χ2v) is 5.45. The van der Waals surface area contributed by atoms with Crippen LogP contribution in [0.1, 0.15) is 12.5 Å². The van der Waals surface area contributed by atoms with Gasteiger partial charge in [0.1, 0.15) is 0 Å². The summed E-state index contributed by atoms with van der Waals surface area (Å²) in [6.07, 6.45) is 2.30. The van der Waals surface area contributed by atoms with Gasteiger partial charge >= 0.3 is 0 Å². The third-order valence-corrected chi connectivity index (χ3v) is 3.39. The number of nitrogens with one attached hydrogen (secondary N) is 1. The van der Waals surface area contributed by atoms with Crippen LogP contribution in [0.2, 0.25) is 0 Å². The maximum absolute atomic E-state index is 9.38. The largest absolute Gasteiger partial charge is 0.393 e. The number of halogens is 2. The van der Waals surface area contributed by atoms with Crippen molar-refractivity contribution in [2.75, 3.05) is 0 Å². The van der Waals surface area contributed by atoms with Crippen molar-refractivity contribution in [1.29, 1.82) is 0 Å². The Bertz CT molecular complexity index is 491. The number of benzene rings is 1. The first-order valence-electron chi connectivity index (χ1n) is 4.71. The predicted octanol–water partition coefficient (Wildman–Crippen LogP) is 3.62. The van der Waals surface area contributed by atoms with Crippen molar-refractivity contribution < 1.29 is 5.11 Å². The number of aromatic amines is 1. The van der Waals surface area contributed by atoms with E-state index in [1.807, 2.05) is 12.3 Å². The lowest BCUT2D eigenvalue weighted by Gasteiger charge is -2.03. The monoisotopic (exact) mass is 331 g/mol. The number of H-pyrrole nitrogens is 1. The zero-order valence-corrected chi connectivity index (χ0v) is 11.4. The van der Waals surface area contributed by atoms with Gasteiger partial charge in [0.2, 0.25) is 0 Å². The first kappa shape index (κ1) is 11.2. The summed E-state index contributed by atoms with van der Waals surface area (Å²) in [5.41, 5.74) is 2.22. The molecule has 80 valence electrons. The Balaban J connectivity index is 2.58. The normalized spacial score (nSPS) is 13.3. The molecule has 0 aliphatic heterocycles. The molecule has 1 unspecified atom stereocenters. The standard InChI is InChI=1S/C11H11Br2NO/c1-6(15)2-7-5-14-11-9(7)3-8(12)4-10(11)13/h3-6,14-15H,2H2,1H3. The predicted molar refractivity (Wildman–Crippen MR) is 69.1 cm³/mol. The van der Waals surface area contributed by atoms with Gasteiger partial charge in [-0.15, -0.1) is 0 Å². The van der Waals surface area contributed by atoms with Crippen LogP contribution in [0.4, 0.5) is 0 Å². The highest BCUT2D eigenvalue weighted by Gasteiger charge is 2.09. The van der Waals surface area contributed by atoms with Gasteiger partial charge in [0.05, 0.1) is 11.6 Å². The number of fused-ring (bicyclic) bond motifs is 1. The summed E-state index contributed by atoms with van der Waals surface area (Å²) in [6, 6.07) is 4.07. The van der Waals surface area contributed by atoms with E-state index in [2.05, 4.69) is 42.9 Å². The lowest BCUT2D eigenvalue weighted by molar-refractivity contribution is 0.196. The molecule has 2 rings (SSSR count). The minimum absolute atomic E-state index is 0.318. The highest BCUT2D eigenvalue weighted by atomic mass is 79.9. The number of aliphatic hydroxyl groups is 1. The van der Waals surface area contributed by atoms with Crippen molar-refractivity contribution in [1.82, 2.24) is 4.98 Å². The summed E-state index contributed by atoms with van der Waals surface area (Å²) in [4.78, 5) is 3.21. The van der Waals surface area contributed by atoms with Crippen LogP contribution in [0.25, 0.3) is 10.9 Å². The summed E-state index contributed by atoms with van der Waals surface area (Å²) in [6.45, 7) is 1.80. The zero-order chi connectivity index (χ0) is 11.0. The Morgan fingerprint density at radius 2 is 2.13 bits per heavy atom. The molecule has 0 aliphatic rings. The number of hydrogen-bond donors (Lipinski definition) is 2. The Labute approximate surface area is 105 Å². The van der Waals surface area contributed by atoms with E-state index in [1.54, 1.807) is 6.92 Å². The van der Waals surface area contributed by atoms with Gasteiger partial charge in [-0.25, -0.2) is 0 Å². The van der Waals surface area contributed by atoms with Crippen molar-refractivity contribution in [2.24, 2.45) is 0 Å². The fraction of sp³-hybridized carbons (Fsp3) is 0.273. The van der Waals surface area contributed by atoms with Gasteiger partial charge in [0.15, 0.2) is 0 Å². The molecule has 1 heterocycles. The van der Waals surface area contributed by atoms with Crippen molar-refractivity contribution in [3.05, 3.63) is 32.8 Å². The van der Waals surface area contributed by atoms with Crippen molar-refractivity contribution in [3.63, 3.8) is 0 Å². The minimum Gasteiger partial charge on any atom is -0.393 e. The Hall–Kier alpha value is -0.320. The number of aromatic nitrogens is 1. The summed E-state index contributed by atoms with van der Waals surface area (Å²) < 4.78 is 2.07. The Morgan fingerprint density at radius 3 is 2.80 bits per heavy atom. The van der Waals surface area contributed by atoms with Gasteiger partial charge in [-0.05, 0) is 40.5 Å². The Morgan fingerprint density at radius 1 is 1.40 bits per heavy atom. The molecular weight excluding hydrogens is 322 g/mol. The lowest BCUT2D eigenvalue weighted by Crippen LogP contribution is -2.03. The highest BCUT2D eigenvalue weighted by molar-refractivity contribution is 9.11. The first-order valence-corrected chi connectivity index (χ1v) is 6.29. The van der Waals surface area contributed by atoms with Crippen molar-refractivity contribution in [2.45, 2.75) is 19.4 Å². The number of rotatable bonds is 2. The van der Waals surface area contributed by atoms with Gasteiger partial charge < -0.3 is 10.1 Å². The molecule has 2 aromatic rings. The van der Waals surface area contributed by atoms with Gasteiger partial charge in [-0.1, -0.05) is 15.9 Å². The van der Waals surface area contributed by atoms with E-state index in [4.69, 9.17) is 0 Å². The quantitative estimate of drug-likeness (QED) is 0.865. The molecule has 0 bridgehead atoms. The molecule has 0 saturated heterocycles. The molecule has 0 saturated carbocycles. The van der Waals surface area contributed by atoms with Crippen LogP contribution < -0.4 is 0 Å². The zero-order valence-electron chi connectivity index (χ0n) is 8.22. The molecule has 2 nitrogen and oxygen atoms in total. The second kappa shape index (κ2) is 4.28. The molecule has 1 atom stereocenters. The molecule has 0 spiro atoms. The SMILES string of the molecule is CC(O)Cc1c[nH]c2c(Br)cc(Br)cc12. The second-order valence-electron chi connectivity index (χ2n) is 3.68. The maximum atomic E-state index is 9.38. The van der Waals surface area contributed by atoms with Crippen LogP contribution in [0.15, 0.2) is 27.3 Å². The number of hydrogen-bond acceptors (Lipinski definition) is 1. The van der Waals surface area contributed by atoms with Crippen LogP contribution in [-0.4, -0.2) is 16.2 Å². The van der Waals surface area contributed by atoms with Gasteiger partial charge in [0, 0.05) is 26.9 Å². The van der Waals surface area contributed by atoms with Gasteiger partial charge in [-0.3, -0.25) is 0 Å². The summed E-state index contributed by atoms with van der Waals surface area (Å²) in [5.74, 6) is 0. The van der Waals surface area contributed by atoms with E-state index >= 15 is 0 Å². The average Bonchev–Trinajstić information content (AvgIpc) is 2.48. The average molecular weight is 333 g/mol. The molecule has 1 aromatic heterocycles. The Kier molecular flexibility index (Phi) is 3.19. The molecule has 4 heteroatoms. The highest BCUT2D eigenvalue weighted by Crippen LogP contribution is 2.30. The number of aliphatic hydroxyl groups excluding tert-OH is 1. The van der Waals surface area contributed by atoms with E-state index in [-0.39, 0.29) is 6.10 Å².